The minimum Gasteiger partial charge on any atom is -0.312 e. The third-order valence-corrected chi connectivity index (χ3v) is 3.10. The van der Waals surface area contributed by atoms with Gasteiger partial charge in [-0.2, -0.15) is 0 Å². The third-order valence-electron chi connectivity index (χ3n) is 1.91. The first-order valence-corrected chi connectivity index (χ1v) is 4.56. The summed E-state index contributed by atoms with van der Waals surface area (Å²) in [5.41, 5.74) is 1.10. The van der Waals surface area contributed by atoms with Gasteiger partial charge >= 0.3 is 5.00 Å². The van der Waals surface area contributed by atoms with E-state index in [1.807, 2.05) is 0 Å². The molecule has 1 aliphatic heterocycles. The average Bonchev–Trinajstić information content (AvgIpc) is 2.46. The summed E-state index contributed by atoms with van der Waals surface area (Å²) in [6.07, 6.45) is 0.924. The Balaban J connectivity index is 2.38. The molecule has 0 amide bonds. The van der Waals surface area contributed by atoms with E-state index in [0.29, 0.717) is 0 Å². The molecule has 0 aliphatic carbocycles. The highest BCUT2D eigenvalue weighted by molar-refractivity contribution is 7.15. The molecular formula is C7H8N2O2S. The van der Waals surface area contributed by atoms with Crippen molar-refractivity contribution in [1.82, 2.24) is 5.32 Å². The van der Waals surface area contributed by atoms with Crippen molar-refractivity contribution in [2.75, 3.05) is 6.54 Å². The van der Waals surface area contributed by atoms with Crippen LogP contribution in [-0.2, 0) is 13.0 Å². The minimum absolute atomic E-state index is 0.267. The van der Waals surface area contributed by atoms with Crippen molar-refractivity contribution in [2.24, 2.45) is 0 Å². The number of rotatable bonds is 1. The van der Waals surface area contributed by atoms with Gasteiger partial charge in [0.15, 0.2) is 0 Å². The second-order valence-electron chi connectivity index (χ2n) is 2.72. The quantitative estimate of drug-likeness (QED) is 0.528. The Kier molecular flexibility index (Phi) is 1.82. The van der Waals surface area contributed by atoms with Crippen LogP contribution in [-0.4, -0.2) is 11.5 Å². The van der Waals surface area contributed by atoms with E-state index in [-0.39, 0.29) is 9.92 Å². The maximum absolute atomic E-state index is 10.4. The Morgan fingerprint density at radius 1 is 1.67 bits per heavy atom. The molecule has 5 heteroatoms. The van der Waals surface area contributed by atoms with Gasteiger partial charge in [0.05, 0.1) is 4.92 Å². The zero-order chi connectivity index (χ0) is 8.55. The molecule has 0 fully saturated rings. The van der Waals surface area contributed by atoms with E-state index in [1.165, 1.54) is 16.2 Å². The molecule has 0 unspecified atom stereocenters. The van der Waals surface area contributed by atoms with Crippen LogP contribution in [0.15, 0.2) is 6.07 Å². The molecule has 0 bridgehead atoms. The standard InChI is InChI=1S/C7H8N2O2S/c10-9(11)7-3-5-4-8-2-1-6(5)12-7/h3,8H,1-2,4H2. The van der Waals surface area contributed by atoms with Gasteiger partial charge in [-0.1, -0.05) is 11.3 Å². The number of hydrogen-bond donors (Lipinski definition) is 1. The first-order valence-electron chi connectivity index (χ1n) is 3.74. The minimum atomic E-state index is -0.316. The summed E-state index contributed by atoms with van der Waals surface area (Å²) in [5.74, 6) is 0. The summed E-state index contributed by atoms with van der Waals surface area (Å²) in [4.78, 5) is 11.3. The molecule has 1 aromatic heterocycles. The Morgan fingerprint density at radius 2 is 2.50 bits per heavy atom. The molecule has 2 rings (SSSR count). The number of hydrogen-bond acceptors (Lipinski definition) is 4. The van der Waals surface area contributed by atoms with Crippen molar-refractivity contribution in [3.8, 4) is 0 Å². The fourth-order valence-corrected chi connectivity index (χ4v) is 2.32. The lowest BCUT2D eigenvalue weighted by Gasteiger charge is -2.10. The van der Waals surface area contributed by atoms with Gasteiger partial charge in [-0.05, 0) is 12.0 Å². The molecule has 0 atom stereocenters. The smallest absolute Gasteiger partial charge is 0.312 e. The summed E-state index contributed by atoms with van der Waals surface area (Å²) in [6.45, 7) is 1.71. The van der Waals surface area contributed by atoms with Crippen molar-refractivity contribution in [2.45, 2.75) is 13.0 Å². The van der Waals surface area contributed by atoms with Gasteiger partial charge in [-0.15, -0.1) is 0 Å². The van der Waals surface area contributed by atoms with E-state index in [9.17, 15) is 10.1 Å². The van der Waals surface area contributed by atoms with Crippen molar-refractivity contribution in [3.05, 3.63) is 26.6 Å². The SMILES string of the molecule is O=[N+]([O-])c1cc2c(s1)CCNC2. The normalized spacial score (nSPS) is 15.7. The molecule has 2 heterocycles. The molecule has 12 heavy (non-hydrogen) atoms. The van der Waals surface area contributed by atoms with E-state index < -0.39 is 0 Å². The fraction of sp³-hybridized carbons (Fsp3) is 0.429. The van der Waals surface area contributed by atoms with Crippen molar-refractivity contribution in [3.63, 3.8) is 0 Å². The number of nitro groups is 1. The van der Waals surface area contributed by atoms with Crippen molar-refractivity contribution < 1.29 is 4.92 Å². The van der Waals surface area contributed by atoms with Crippen LogP contribution in [0.5, 0.6) is 0 Å². The molecule has 0 aromatic carbocycles. The Bertz CT molecular complexity index is 298. The second kappa shape index (κ2) is 2.84. The van der Waals surface area contributed by atoms with Crippen LogP contribution in [0.4, 0.5) is 5.00 Å². The highest BCUT2D eigenvalue weighted by Gasteiger charge is 2.18. The van der Waals surface area contributed by atoms with E-state index in [1.54, 1.807) is 6.07 Å². The molecule has 64 valence electrons. The van der Waals surface area contributed by atoms with Crippen molar-refractivity contribution in [1.29, 1.82) is 0 Å². The van der Waals surface area contributed by atoms with Crippen LogP contribution in [0.3, 0.4) is 0 Å². The summed E-state index contributed by atoms with van der Waals surface area (Å²) in [5, 5.41) is 13.9. The molecule has 4 nitrogen and oxygen atoms in total. The molecule has 1 aliphatic rings. The Labute approximate surface area is 73.4 Å². The first-order chi connectivity index (χ1) is 5.77. The molecule has 1 N–H and O–H groups in total. The van der Waals surface area contributed by atoms with Gasteiger partial charge in [0.25, 0.3) is 0 Å². The summed E-state index contributed by atoms with van der Waals surface area (Å²) in [6, 6.07) is 1.67. The molecule has 0 saturated heterocycles. The first kappa shape index (κ1) is 7.70. The van der Waals surface area contributed by atoms with Crippen LogP contribution in [0.25, 0.3) is 0 Å². The van der Waals surface area contributed by atoms with E-state index >= 15 is 0 Å². The maximum Gasteiger partial charge on any atom is 0.324 e. The van der Waals surface area contributed by atoms with Crippen LogP contribution >= 0.6 is 11.3 Å². The Morgan fingerprint density at radius 3 is 3.17 bits per heavy atom. The lowest BCUT2D eigenvalue weighted by atomic mass is 10.1. The van der Waals surface area contributed by atoms with Gasteiger partial charge < -0.3 is 5.32 Å². The highest BCUT2D eigenvalue weighted by atomic mass is 32.1. The zero-order valence-electron chi connectivity index (χ0n) is 6.37. The van der Waals surface area contributed by atoms with Crippen LogP contribution in [0.2, 0.25) is 0 Å². The van der Waals surface area contributed by atoms with E-state index in [2.05, 4.69) is 5.32 Å². The van der Waals surface area contributed by atoms with Gasteiger partial charge in [0, 0.05) is 24.0 Å². The van der Waals surface area contributed by atoms with Crippen molar-refractivity contribution >= 4 is 16.3 Å². The number of nitrogens with zero attached hydrogens (tertiary/aromatic N) is 1. The molecular weight excluding hydrogens is 176 g/mol. The fourth-order valence-electron chi connectivity index (χ4n) is 1.33. The van der Waals surface area contributed by atoms with Crippen LogP contribution < -0.4 is 5.32 Å². The molecule has 0 spiro atoms. The van der Waals surface area contributed by atoms with Crippen LogP contribution in [0.1, 0.15) is 10.4 Å². The van der Waals surface area contributed by atoms with Crippen LogP contribution in [0, 0.1) is 10.1 Å². The Hall–Kier alpha value is -0.940. The monoisotopic (exact) mass is 184 g/mol. The summed E-state index contributed by atoms with van der Waals surface area (Å²) in [7, 11) is 0. The zero-order valence-corrected chi connectivity index (χ0v) is 7.19. The van der Waals surface area contributed by atoms with Gasteiger partial charge in [0.1, 0.15) is 0 Å². The van der Waals surface area contributed by atoms with E-state index in [0.717, 1.165) is 25.1 Å². The third kappa shape index (κ3) is 1.21. The van der Waals surface area contributed by atoms with Gasteiger partial charge in [-0.25, -0.2) is 0 Å². The summed E-state index contributed by atoms with van der Waals surface area (Å²) >= 11 is 1.30. The topological polar surface area (TPSA) is 55.2 Å². The second-order valence-corrected chi connectivity index (χ2v) is 3.83. The number of nitrogens with one attached hydrogen (secondary N) is 1. The lowest BCUT2D eigenvalue weighted by molar-refractivity contribution is -0.380. The average molecular weight is 184 g/mol. The van der Waals surface area contributed by atoms with Gasteiger partial charge in [-0.3, -0.25) is 10.1 Å². The lowest BCUT2D eigenvalue weighted by Crippen LogP contribution is -2.21. The molecule has 0 saturated carbocycles. The largest absolute Gasteiger partial charge is 0.324 e. The van der Waals surface area contributed by atoms with E-state index in [4.69, 9.17) is 0 Å². The molecule has 1 aromatic rings. The number of thiophene rings is 1. The summed E-state index contributed by atoms with van der Waals surface area (Å²) < 4.78 is 0. The van der Waals surface area contributed by atoms with Gasteiger partial charge in [0.2, 0.25) is 0 Å². The predicted molar refractivity (Wildman–Crippen MR) is 46.4 cm³/mol. The number of fused-ring (bicyclic) bond motifs is 1. The highest BCUT2D eigenvalue weighted by Crippen LogP contribution is 2.30. The molecule has 0 radical (unpaired) electrons. The maximum atomic E-state index is 10.4. The predicted octanol–water partition coefficient (Wildman–Crippen LogP) is 1.30.